The summed E-state index contributed by atoms with van der Waals surface area (Å²) in [6, 6.07) is 0. The maximum atomic E-state index is 12.0. The lowest BCUT2D eigenvalue weighted by atomic mass is 9.89. The molecule has 1 heterocycles. The van der Waals surface area contributed by atoms with Crippen LogP contribution in [0, 0.1) is 5.41 Å². The fourth-order valence-electron chi connectivity index (χ4n) is 1.99. The van der Waals surface area contributed by atoms with Gasteiger partial charge in [0, 0.05) is 19.5 Å². The van der Waals surface area contributed by atoms with Crippen molar-refractivity contribution in [3.05, 3.63) is 0 Å². The Morgan fingerprint density at radius 1 is 1.42 bits per heavy atom. The van der Waals surface area contributed by atoms with Crippen LogP contribution in [0.5, 0.6) is 0 Å². The summed E-state index contributed by atoms with van der Waals surface area (Å²) in [5, 5.41) is 0. The molecule has 8 heteroatoms. The molecule has 1 saturated heterocycles. The summed E-state index contributed by atoms with van der Waals surface area (Å²) in [6.07, 6.45) is 0.702. The number of ether oxygens (including phenoxy) is 1. The number of carbonyl (C=O) groups excluding carboxylic acids is 2. The number of nitrogens with zero attached hydrogens (tertiary/aromatic N) is 1. The van der Waals surface area contributed by atoms with Crippen LogP contribution in [0.2, 0.25) is 0 Å². The number of hydrogen-bond donors (Lipinski definition) is 1. The second-order valence-corrected chi connectivity index (χ2v) is 7.09. The summed E-state index contributed by atoms with van der Waals surface area (Å²) in [7, 11) is -2.19. The summed E-state index contributed by atoms with van der Waals surface area (Å²) in [6.45, 7) is 2.07. The minimum absolute atomic E-state index is 0.0661. The molecule has 0 spiro atoms. The molecular weight excluding hydrogens is 272 g/mol. The molecule has 0 saturated carbocycles. The van der Waals surface area contributed by atoms with Crippen molar-refractivity contribution < 1.29 is 22.7 Å². The van der Waals surface area contributed by atoms with Gasteiger partial charge < -0.3 is 10.5 Å². The molecule has 110 valence electrons. The zero-order valence-electron chi connectivity index (χ0n) is 11.2. The molecule has 1 unspecified atom stereocenters. The summed E-state index contributed by atoms with van der Waals surface area (Å²) in [5.41, 5.74) is 4.48. The van der Waals surface area contributed by atoms with Gasteiger partial charge in [0.2, 0.25) is 15.9 Å². The average Bonchev–Trinajstić information content (AvgIpc) is 2.73. The highest BCUT2D eigenvalue weighted by molar-refractivity contribution is 7.89. The van der Waals surface area contributed by atoms with Gasteiger partial charge in [-0.3, -0.25) is 9.59 Å². The van der Waals surface area contributed by atoms with Gasteiger partial charge >= 0.3 is 5.97 Å². The number of sulfonamides is 1. The first-order chi connectivity index (χ1) is 8.71. The zero-order chi connectivity index (χ0) is 14.7. The van der Waals surface area contributed by atoms with Crippen molar-refractivity contribution in [1.29, 1.82) is 0 Å². The molecule has 0 aliphatic carbocycles. The minimum atomic E-state index is -3.45. The number of hydrogen-bond acceptors (Lipinski definition) is 5. The van der Waals surface area contributed by atoms with Crippen LogP contribution in [0.25, 0.3) is 0 Å². The molecule has 2 N–H and O–H groups in total. The minimum Gasteiger partial charge on any atom is -0.469 e. The molecule has 1 aliphatic rings. The van der Waals surface area contributed by atoms with Gasteiger partial charge in [0.1, 0.15) is 0 Å². The smallest absolute Gasteiger partial charge is 0.305 e. The molecule has 0 bridgehead atoms. The van der Waals surface area contributed by atoms with Gasteiger partial charge in [0.05, 0.1) is 18.3 Å². The Bertz CT molecular complexity index is 462. The van der Waals surface area contributed by atoms with Crippen molar-refractivity contribution in [3.63, 3.8) is 0 Å². The Hall–Kier alpha value is -1.15. The molecule has 1 aliphatic heterocycles. The molecule has 0 aromatic carbocycles. The van der Waals surface area contributed by atoms with Gasteiger partial charge in [-0.15, -0.1) is 0 Å². The van der Waals surface area contributed by atoms with Crippen molar-refractivity contribution in [3.8, 4) is 0 Å². The molecule has 1 atom stereocenters. The molecule has 0 radical (unpaired) electrons. The lowest BCUT2D eigenvalue weighted by molar-refractivity contribution is -0.140. The highest BCUT2D eigenvalue weighted by Gasteiger charge is 2.42. The number of primary amides is 1. The van der Waals surface area contributed by atoms with Gasteiger partial charge in [0.25, 0.3) is 0 Å². The average molecular weight is 292 g/mol. The van der Waals surface area contributed by atoms with Crippen LogP contribution < -0.4 is 5.73 Å². The van der Waals surface area contributed by atoms with Gasteiger partial charge in [-0.25, -0.2) is 12.7 Å². The quantitative estimate of drug-likeness (QED) is 0.662. The number of rotatable bonds is 6. The molecule has 0 aromatic rings. The van der Waals surface area contributed by atoms with E-state index in [1.807, 2.05) is 0 Å². The summed E-state index contributed by atoms with van der Waals surface area (Å²) < 4.78 is 29.8. The predicted molar refractivity (Wildman–Crippen MR) is 68.5 cm³/mol. The highest BCUT2D eigenvalue weighted by Crippen LogP contribution is 2.31. The van der Waals surface area contributed by atoms with Crippen LogP contribution in [0.1, 0.15) is 26.2 Å². The summed E-state index contributed by atoms with van der Waals surface area (Å²) in [5.74, 6) is -1.05. The monoisotopic (exact) mass is 292 g/mol. The number of carbonyl (C=O) groups is 2. The molecule has 1 fully saturated rings. The topological polar surface area (TPSA) is 107 Å². The van der Waals surface area contributed by atoms with Gasteiger partial charge in [-0.2, -0.15) is 0 Å². The Balaban J connectivity index is 2.56. The lowest BCUT2D eigenvalue weighted by Gasteiger charge is -2.20. The van der Waals surface area contributed by atoms with Crippen molar-refractivity contribution in [2.24, 2.45) is 11.1 Å². The van der Waals surface area contributed by atoms with E-state index in [9.17, 15) is 18.0 Å². The van der Waals surface area contributed by atoms with Crippen molar-refractivity contribution in [2.75, 3.05) is 26.0 Å². The Morgan fingerprint density at radius 2 is 2.05 bits per heavy atom. The van der Waals surface area contributed by atoms with Crippen molar-refractivity contribution >= 4 is 21.9 Å². The number of esters is 1. The number of amides is 1. The normalized spacial score (nSPS) is 24.3. The predicted octanol–water partition coefficient (Wildman–Crippen LogP) is -0.533. The van der Waals surface area contributed by atoms with Gasteiger partial charge in [-0.1, -0.05) is 0 Å². The SMILES string of the molecule is COC(=O)CCCS(=O)(=O)N1CCC(C)(C(N)=O)C1. The second kappa shape index (κ2) is 5.87. The van der Waals surface area contributed by atoms with Crippen molar-refractivity contribution in [2.45, 2.75) is 26.2 Å². The second-order valence-electron chi connectivity index (χ2n) is 5.00. The van der Waals surface area contributed by atoms with E-state index >= 15 is 0 Å². The third kappa shape index (κ3) is 3.90. The molecule has 19 heavy (non-hydrogen) atoms. The zero-order valence-corrected chi connectivity index (χ0v) is 12.0. The first-order valence-electron chi connectivity index (χ1n) is 6.06. The maximum Gasteiger partial charge on any atom is 0.305 e. The highest BCUT2D eigenvalue weighted by atomic mass is 32.2. The van der Waals surface area contributed by atoms with Gasteiger partial charge in [-0.05, 0) is 19.8 Å². The molecule has 0 aromatic heterocycles. The number of methoxy groups -OCH3 is 1. The van der Waals surface area contributed by atoms with E-state index in [-0.39, 0.29) is 25.1 Å². The summed E-state index contributed by atoms with van der Waals surface area (Å²) >= 11 is 0. The van der Waals surface area contributed by atoms with E-state index in [0.717, 1.165) is 0 Å². The van der Waals surface area contributed by atoms with Crippen molar-refractivity contribution in [1.82, 2.24) is 4.31 Å². The summed E-state index contributed by atoms with van der Waals surface area (Å²) in [4.78, 5) is 22.2. The van der Waals surface area contributed by atoms with Crippen LogP contribution in [-0.2, 0) is 24.3 Å². The standard InChI is InChI=1S/C11H20N2O5S/c1-11(10(12)15)5-6-13(8-11)19(16,17)7-3-4-9(14)18-2/h3-8H2,1-2H3,(H2,12,15). The number of nitrogens with two attached hydrogens (primary N) is 1. The van der Waals surface area contributed by atoms with E-state index in [2.05, 4.69) is 4.74 Å². The fraction of sp³-hybridized carbons (Fsp3) is 0.818. The van der Waals surface area contributed by atoms with Crippen LogP contribution >= 0.6 is 0 Å². The van der Waals surface area contributed by atoms with Crippen LogP contribution in [0.4, 0.5) is 0 Å². The first kappa shape index (κ1) is 15.9. The van der Waals surface area contributed by atoms with E-state index in [1.54, 1.807) is 6.92 Å². The van der Waals surface area contributed by atoms with Crippen LogP contribution in [0.15, 0.2) is 0 Å². The maximum absolute atomic E-state index is 12.0. The molecule has 1 rings (SSSR count). The van der Waals surface area contributed by atoms with Gasteiger partial charge in [0.15, 0.2) is 0 Å². The largest absolute Gasteiger partial charge is 0.469 e. The Kier molecular flexibility index (Phi) is 4.92. The first-order valence-corrected chi connectivity index (χ1v) is 7.67. The van der Waals surface area contributed by atoms with E-state index in [0.29, 0.717) is 13.0 Å². The van der Waals surface area contributed by atoms with E-state index in [4.69, 9.17) is 5.73 Å². The van der Waals surface area contributed by atoms with Crippen LogP contribution in [-0.4, -0.2) is 50.6 Å². The fourth-order valence-corrected chi connectivity index (χ4v) is 3.61. The molecule has 7 nitrogen and oxygen atoms in total. The van der Waals surface area contributed by atoms with E-state index < -0.39 is 27.3 Å². The van der Waals surface area contributed by atoms with E-state index in [1.165, 1.54) is 11.4 Å². The lowest BCUT2D eigenvalue weighted by Crippen LogP contribution is -2.39. The third-order valence-electron chi connectivity index (χ3n) is 3.44. The Labute approximate surface area is 113 Å². The Morgan fingerprint density at radius 3 is 2.53 bits per heavy atom. The molecular formula is C11H20N2O5S. The van der Waals surface area contributed by atoms with Crippen LogP contribution in [0.3, 0.4) is 0 Å². The third-order valence-corrected chi connectivity index (χ3v) is 5.34. The molecule has 1 amide bonds.